The van der Waals surface area contributed by atoms with Crippen molar-refractivity contribution in [1.82, 2.24) is 4.98 Å². The summed E-state index contributed by atoms with van der Waals surface area (Å²) in [6.07, 6.45) is 18.0. The molecule has 2 nitrogen and oxygen atoms in total. The highest BCUT2D eigenvalue weighted by molar-refractivity contribution is 5.28. The minimum absolute atomic E-state index is 0.402. The molecule has 0 N–H and O–H groups in total. The standard InChI is InChI=1S/C22H37NO/c1-4-6-8-9-10-19-12-14-20(15-13-19)24-21-16-18(3)22(23-17-21)11-7-5-2/h16-17,19-20H,4-15H2,1-3H3/t19-,20-. The molecule has 1 heterocycles. The van der Waals surface area contributed by atoms with Crippen LogP contribution >= 0.6 is 0 Å². The van der Waals surface area contributed by atoms with E-state index in [1.54, 1.807) is 0 Å². The van der Waals surface area contributed by atoms with Gasteiger partial charge in [-0.3, -0.25) is 4.98 Å². The molecule has 1 aromatic rings. The number of rotatable bonds is 10. The largest absolute Gasteiger partial charge is 0.489 e. The van der Waals surface area contributed by atoms with Crippen LogP contribution in [0.2, 0.25) is 0 Å². The molecule has 1 fully saturated rings. The molecule has 136 valence electrons. The first-order chi connectivity index (χ1) is 11.7. The fourth-order valence-corrected chi connectivity index (χ4v) is 3.84. The monoisotopic (exact) mass is 331 g/mol. The minimum atomic E-state index is 0.402. The molecule has 2 rings (SSSR count). The topological polar surface area (TPSA) is 22.1 Å². The van der Waals surface area contributed by atoms with Gasteiger partial charge in [-0.05, 0) is 63.0 Å². The number of aromatic nitrogens is 1. The summed E-state index contributed by atoms with van der Waals surface area (Å²) in [5, 5.41) is 0. The molecule has 0 aliphatic heterocycles. The maximum absolute atomic E-state index is 6.22. The fourth-order valence-electron chi connectivity index (χ4n) is 3.84. The smallest absolute Gasteiger partial charge is 0.138 e. The molecule has 24 heavy (non-hydrogen) atoms. The lowest BCUT2D eigenvalue weighted by molar-refractivity contribution is 0.127. The van der Waals surface area contributed by atoms with Gasteiger partial charge in [-0.25, -0.2) is 0 Å². The van der Waals surface area contributed by atoms with Gasteiger partial charge < -0.3 is 4.74 Å². The number of hydrogen-bond donors (Lipinski definition) is 0. The second-order valence-corrected chi connectivity index (χ2v) is 7.65. The maximum Gasteiger partial charge on any atom is 0.138 e. The first-order valence-corrected chi connectivity index (χ1v) is 10.3. The van der Waals surface area contributed by atoms with Crippen LogP contribution < -0.4 is 4.74 Å². The number of unbranched alkanes of at least 4 members (excludes halogenated alkanes) is 4. The van der Waals surface area contributed by atoms with Gasteiger partial charge in [0.1, 0.15) is 5.75 Å². The Morgan fingerprint density at radius 2 is 1.75 bits per heavy atom. The average Bonchev–Trinajstić information content (AvgIpc) is 2.59. The van der Waals surface area contributed by atoms with Gasteiger partial charge in [0.2, 0.25) is 0 Å². The molecule has 0 radical (unpaired) electrons. The van der Waals surface area contributed by atoms with Crippen LogP contribution in [0.3, 0.4) is 0 Å². The van der Waals surface area contributed by atoms with E-state index in [0.29, 0.717) is 6.10 Å². The normalized spacial score (nSPS) is 21.0. The highest BCUT2D eigenvalue weighted by Gasteiger charge is 2.22. The lowest BCUT2D eigenvalue weighted by Gasteiger charge is -2.29. The average molecular weight is 332 g/mol. The van der Waals surface area contributed by atoms with Crippen molar-refractivity contribution in [2.75, 3.05) is 0 Å². The van der Waals surface area contributed by atoms with Crippen molar-refractivity contribution in [3.63, 3.8) is 0 Å². The van der Waals surface area contributed by atoms with Gasteiger partial charge in [0.15, 0.2) is 0 Å². The molecule has 1 aromatic heterocycles. The molecule has 0 atom stereocenters. The second-order valence-electron chi connectivity index (χ2n) is 7.65. The molecule has 0 unspecified atom stereocenters. The van der Waals surface area contributed by atoms with E-state index in [9.17, 15) is 0 Å². The summed E-state index contributed by atoms with van der Waals surface area (Å²) in [5.74, 6) is 1.91. The van der Waals surface area contributed by atoms with Crippen LogP contribution in [0.5, 0.6) is 5.75 Å². The molecule has 0 aromatic carbocycles. The van der Waals surface area contributed by atoms with Crippen LogP contribution in [0.25, 0.3) is 0 Å². The molecule has 0 bridgehead atoms. The van der Waals surface area contributed by atoms with Gasteiger partial charge in [0, 0.05) is 5.69 Å². The summed E-state index contributed by atoms with van der Waals surface area (Å²) >= 11 is 0. The van der Waals surface area contributed by atoms with Gasteiger partial charge in [0.05, 0.1) is 12.3 Å². The second kappa shape index (κ2) is 10.7. The Morgan fingerprint density at radius 1 is 1.00 bits per heavy atom. The summed E-state index contributed by atoms with van der Waals surface area (Å²) in [7, 11) is 0. The molecule has 2 heteroatoms. The van der Waals surface area contributed by atoms with Gasteiger partial charge in [-0.2, -0.15) is 0 Å². The Labute approximate surface area is 149 Å². The van der Waals surface area contributed by atoms with E-state index in [4.69, 9.17) is 4.74 Å². The van der Waals surface area contributed by atoms with Crippen molar-refractivity contribution < 1.29 is 4.74 Å². The molecule has 0 saturated heterocycles. The summed E-state index contributed by atoms with van der Waals surface area (Å²) in [5.41, 5.74) is 2.52. The third kappa shape index (κ3) is 6.45. The van der Waals surface area contributed by atoms with E-state index in [-0.39, 0.29) is 0 Å². The molecular weight excluding hydrogens is 294 g/mol. The predicted molar refractivity (Wildman–Crippen MR) is 103 cm³/mol. The van der Waals surface area contributed by atoms with E-state index < -0.39 is 0 Å². The van der Waals surface area contributed by atoms with Crippen molar-refractivity contribution in [3.8, 4) is 5.75 Å². The van der Waals surface area contributed by atoms with Crippen molar-refractivity contribution in [2.24, 2.45) is 5.92 Å². The molecule has 1 saturated carbocycles. The molecular formula is C22H37NO. The zero-order valence-corrected chi connectivity index (χ0v) is 16.2. The van der Waals surface area contributed by atoms with Crippen LogP contribution in [-0.4, -0.2) is 11.1 Å². The highest BCUT2D eigenvalue weighted by atomic mass is 16.5. The predicted octanol–water partition coefficient (Wildman–Crippen LogP) is 6.64. The Kier molecular flexibility index (Phi) is 8.63. The zero-order chi connectivity index (χ0) is 17.2. The van der Waals surface area contributed by atoms with Gasteiger partial charge in [0.25, 0.3) is 0 Å². The minimum Gasteiger partial charge on any atom is -0.489 e. The number of pyridine rings is 1. The van der Waals surface area contributed by atoms with Crippen LogP contribution in [0.15, 0.2) is 12.3 Å². The van der Waals surface area contributed by atoms with Crippen LogP contribution in [-0.2, 0) is 6.42 Å². The first kappa shape index (κ1) is 19.3. The Morgan fingerprint density at radius 3 is 2.42 bits per heavy atom. The van der Waals surface area contributed by atoms with E-state index in [2.05, 4.69) is 31.8 Å². The van der Waals surface area contributed by atoms with Crippen molar-refractivity contribution in [1.29, 1.82) is 0 Å². The van der Waals surface area contributed by atoms with Gasteiger partial charge in [-0.15, -0.1) is 0 Å². The van der Waals surface area contributed by atoms with E-state index >= 15 is 0 Å². The van der Waals surface area contributed by atoms with E-state index in [1.165, 1.54) is 81.9 Å². The summed E-state index contributed by atoms with van der Waals surface area (Å²) in [6.45, 7) is 6.68. The SMILES string of the molecule is CCCCCC[C@H]1CC[C@H](Oc2cnc(CCCC)c(C)c2)CC1. The van der Waals surface area contributed by atoms with Crippen LogP contribution in [0.1, 0.15) is 95.7 Å². The number of ether oxygens (including phenoxy) is 1. The molecule has 0 spiro atoms. The van der Waals surface area contributed by atoms with Crippen molar-refractivity contribution in [2.45, 2.75) is 104 Å². The Bertz CT molecular complexity index is 463. The molecule has 1 aliphatic rings. The zero-order valence-electron chi connectivity index (χ0n) is 16.2. The third-order valence-electron chi connectivity index (χ3n) is 5.49. The van der Waals surface area contributed by atoms with E-state index in [0.717, 1.165) is 18.1 Å². The lowest BCUT2D eigenvalue weighted by Crippen LogP contribution is -2.24. The summed E-state index contributed by atoms with van der Waals surface area (Å²) in [4.78, 5) is 4.63. The fraction of sp³-hybridized carbons (Fsp3) is 0.773. The van der Waals surface area contributed by atoms with Crippen molar-refractivity contribution in [3.05, 3.63) is 23.5 Å². The molecule has 0 amide bonds. The highest BCUT2D eigenvalue weighted by Crippen LogP contribution is 2.31. The maximum atomic E-state index is 6.22. The first-order valence-electron chi connectivity index (χ1n) is 10.3. The Hall–Kier alpha value is -1.05. The van der Waals surface area contributed by atoms with E-state index in [1.807, 2.05) is 6.20 Å². The molecule has 1 aliphatic carbocycles. The summed E-state index contributed by atoms with van der Waals surface area (Å²) < 4.78 is 6.22. The van der Waals surface area contributed by atoms with Crippen LogP contribution in [0.4, 0.5) is 0 Å². The quantitative estimate of drug-likeness (QED) is 0.448. The lowest BCUT2D eigenvalue weighted by atomic mass is 9.84. The van der Waals surface area contributed by atoms with Crippen molar-refractivity contribution >= 4 is 0 Å². The number of hydrogen-bond acceptors (Lipinski definition) is 2. The third-order valence-corrected chi connectivity index (χ3v) is 5.49. The van der Waals surface area contributed by atoms with Gasteiger partial charge >= 0.3 is 0 Å². The van der Waals surface area contributed by atoms with Gasteiger partial charge in [-0.1, -0.05) is 52.4 Å². The number of nitrogens with zero attached hydrogens (tertiary/aromatic N) is 1. The van der Waals surface area contributed by atoms with Crippen LogP contribution in [0, 0.1) is 12.8 Å². The Balaban J connectivity index is 1.72. The number of aryl methyl sites for hydroxylation is 2. The summed E-state index contributed by atoms with van der Waals surface area (Å²) in [6, 6.07) is 2.19.